The number of hydrogen-bond acceptors (Lipinski definition) is 4. The molecule has 4 nitrogen and oxygen atoms in total. The van der Waals surface area contributed by atoms with Crippen molar-refractivity contribution in [1.29, 1.82) is 0 Å². The van der Waals surface area contributed by atoms with Crippen molar-refractivity contribution in [2.45, 2.75) is 25.9 Å². The van der Waals surface area contributed by atoms with Crippen LogP contribution in [-0.4, -0.2) is 37.0 Å². The number of aliphatic hydroxyl groups excluding tert-OH is 1. The van der Waals surface area contributed by atoms with E-state index in [9.17, 15) is 4.79 Å². The van der Waals surface area contributed by atoms with Crippen molar-refractivity contribution in [2.24, 2.45) is 0 Å². The Hall–Kier alpha value is -0.870. The summed E-state index contributed by atoms with van der Waals surface area (Å²) in [5.41, 5.74) is 0.610. The molecule has 1 heterocycles. The molecule has 1 fully saturated rings. The number of hydrogen-bond donors (Lipinski definition) is 1. The molecule has 1 aliphatic heterocycles. The van der Waals surface area contributed by atoms with E-state index in [1.54, 1.807) is 6.92 Å². The van der Waals surface area contributed by atoms with Gasteiger partial charge in [0.05, 0.1) is 19.3 Å². The Morgan fingerprint density at radius 1 is 1.71 bits per heavy atom. The van der Waals surface area contributed by atoms with E-state index in [1.165, 1.54) is 0 Å². The van der Waals surface area contributed by atoms with Gasteiger partial charge in [-0.1, -0.05) is 6.08 Å². The van der Waals surface area contributed by atoms with Gasteiger partial charge in [-0.2, -0.15) is 0 Å². The topological polar surface area (TPSA) is 59.1 Å². The molecular weight excluding hydrogens is 184 g/mol. The molecule has 14 heavy (non-hydrogen) atoms. The molecule has 0 spiro atoms. The van der Waals surface area contributed by atoms with Crippen molar-refractivity contribution in [3.63, 3.8) is 0 Å². The molecule has 0 radical (unpaired) electrons. The van der Waals surface area contributed by atoms with Gasteiger partial charge in [0.1, 0.15) is 0 Å². The summed E-state index contributed by atoms with van der Waals surface area (Å²) >= 11 is 0. The second-order valence-electron chi connectivity index (χ2n) is 3.29. The van der Waals surface area contributed by atoms with Crippen LogP contribution in [0, 0.1) is 0 Å². The van der Waals surface area contributed by atoms with E-state index in [4.69, 9.17) is 14.6 Å². The minimum atomic E-state index is -0.306. The lowest BCUT2D eigenvalue weighted by Crippen LogP contribution is -2.08. The van der Waals surface area contributed by atoms with Crippen LogP contribution >= 0.6 is 0 Å². The summed E-state index contributed by atoms with van der Waals surface area (Å²) in [6.07, 6.45) is 3.40. The largest absolute Gasteiger partial charge is 0.462 e. The van der Waals surface area contributed by atoms with Gasteiger partial charge in [0.25, 0.3) is 0 Å². The molecule has 0 aromatic rings. The van der Waals surface area contributed by atoms with Gasteiger partial charge in [0.2, 0.25) is 0 Å². The van der Waals surface area contributed by atoms with Crippen molar-refractivity contribution in [1.82, 2.24) is 0 Å². The Morgan fingerprint density at radius 3 is 3.00 bits per heavy atom. The van der Waals surface area contributed by atoms with Crippen LogP contribution in [0.2, 0.25) is 0 Å². The fourth-order valence-corrected chi connectivity index (χ4v) is 0.939. The predicted molar refractivity (Wildman–Crippen MR) is 50.8 cm³/mol. The number of aliphatic hydroxyl groups is 1. The van der Waals surface area contributed by atoms with E-state index < -0.39 is 0 Å². The van der Waals surface area contributed by atoms with E-state index in [2.05, 4.69) is 0 Å². The number of epoxide rings is 1. The molecule has 1 atom stereocenters. The average molecular weight is 200 g/mol. The first-order valence-corrected chi connectivity index (χ1v) is 4.80. The van der Waals surface area contributed by atoms with E-state index in [1.807, 2.05) is 6.08 Å². The van der Waals surface area contributed by atoms with Crippen LogP contribution in [-0.2, 0) is 14.3 Å². The zero-order valence-corrected chi connectivity index (χ0v) is 8.36. The first-order valence-electron chi connectivity index (χ1n) is 4.80. The average Bonchev–Trinajstić information content (AvgIpc) is 2.98. The number of ether oxygens (including phenoxy) is 2. The van der Waals surface area contributed by atoms with Gasteiger partial charge in [-0.05, 0) is 13.3 Å². The molecule has 4 heteroatoms. The Bertz CT molecular complexity index is 218. The van der Waals surface area contributed by atoms with Gasteiger partial charge in [0, 0.05) is 18.6 Å². The van der Waals surface area contributed by atoms with Crippen molar-refractivity contribution >= 4 is 5.97 Å². The van der Waals surface area contributed by atoms with Gasteiger partial charge < -0.3 is 14.6 Å². The third kappa shape index (κ3) is 4.39. The minimum Gasteiger partial charge on any atom is -0.462 e. The summed E-state index contributed by atoms with van der Waals surface area (Å²) in [4.78, 5) is 11.2. The highest BCUT2D eigenvalue weighted by atomic mass is 16.6. The Balaban J connectivity index is 2.16. The smallest absolute Gasteiger partial charge is 0.333 e. The van der Waals surface area contributed by atoms with E-state index in [-0.39, 0.29) is 19.2 Å². The molecule has 80 valence electrons. The van der Waals surface area contributed by atoms with Gasteiger partial charge in [0.15, 0.2) is 0 Å². The molecule has 1 saturated heterocycles. The zero-order valence-electron chi connectivity index (χ0n) is 8.36. The summed E-state index contributed by atoms with van der Waals surface area (Å²) in [6, 6.07) is 0. The van der Waals surface area contributed by atoms with Crippen LogP contribution in [0.4, 0.5) is 0 Å². The highest BCUT2D eigenvalue weighted by Crippen LogP contribution is 2.15. The standard InChI is InChI=1S/C10H16O4/c1-8(3-4-9-7-14-9)10(12)13-6-2-5-11/h3,9,11H,2,4-7H2,1H3. The minimum absolute atomic E-state index is 0.0476. The van der Waals surface area contributed by atoms with Crippen molar-refractivity contribution < 1.29 is 19.4 Å². The fourth-order valence-electron chi connectivity index (χ4n) is 0.939. The molecule has 1 rings (SSSR count). The quantitative estimate of drug-likeness (QED) is 0.296. The lowest BCUT2D eigenvalue weighted by Gasteiger charge is -2.02. The summed E-state index contributed by atoms with van der Waals surface area (Å²) in [6.45, 7) is 2.85. The Morgan fingerprint density at radius 2 is 2.43 bits per heavy atom. The van der Waals surface area contributed by atoms with Crippen LogP contribution in [0.25, 0.3) is 0 Å². The molecule has 0 saturated carbocycles. The van der Waals surface area contributed by atoms with Crippen LogP contribution in [0.5, 0.6) is 0 Å². The molecule has 0 aromatic carbocycles. The Labute approximate surface area is 83.5 Å². The molecule has 1 unspecified atom stereocenters. The maximum absolute atomic E-state index is 11.2. The molecule has 1 N–H and O–H groups in total. The van der Waals surface area contributed by atoms with Gasteiger partial charge in [-0.3, -0.25) is 0 Å². The predicted octanol–water partition coefficient (Wildman–Crippen LogP) is 0.647. The Kier molecular flexibility index (Phi) is 4.62. The summed E-state index contributed by atoms with van der Waals surface area (Å²) < 4.78 is 9.90. The highest BCUT2D eigenvalue weighted by Gasteiger charge is 2.21. The highest BCUT2D eigenvalue weighted by molar-refractivity contribution is 5.87. The molecule has 0 amide bonds. The number of carbonyl (C=O) groups excluding carboxylic acids is 1. The molecule has 0 aliphatic carbocycles. The number of esters is 1. The first kappa shape index (κ1) is 11.2. The van der Waals surface area contributed by atoms with Crippen molar-refractivity contribution in [2.75, 3.05) is 19.8 Å². The van der Waals surface area contributed by atoms with Crippen LogP contribution < -0.4 is 0 Å². The molecule has 0 aromatic heterocycles. The van der Waals surface area contributed by atoms with E-state index in [0.29, 0.717) is 18.1 Å². The lowest BCUT2D eigenvalue weighted by atomic mass is 10.2. The van der Waals surface area contributed by atoms with Crippen LogP contribution in [0.15, 0.2) is 11.6 Å². The monoisotopic (exact) mass is 200 g/mol. The second-order valence-corrected chi connectivity index (χ2v) is 3.29. The SMILES string of the molecule is CC(=CCC1CO1)C(=O)OCCCO. The first-order chi connectivity index (χ1) is 6.74. The third-order valence-electron chi connectivity index (χ3n) is 1.95. The second kappa shape index (κ2) is 5.78. The van der Waals surface area contributed by atoms with E-state index in [0.717, 1.165) is 13.0 Å². The zero-order chi connectivity index (χ0) is 10.4. The van der Waals surface area contributed by atoms with Gasteiger partial charge in [-0.15, -0.1) is 0 Å². The van der Waals surface area contributed by atoms with Gasteiger partial charge >= 0.3 is 5.97 Å². The lowest BCUT2D eigenvalue weighted by molar-refractivity contribution is -0.139. The molecule has 0 bridgehead atoms. The van der Waals surface area contributed by atoms with Crippen molar-refractivity contribution in [3.8, 4) is 0 Å². The summed E-state index contributed by atoms with van der Waals surface area (Å²) in [5, 5.41) is 8.48. The molecular formula is C10H16O4. The maximum atomic E-state index is 11.2. The normalized spacial score (nSPS) is 20.7. The van der Waals surface area contributed by atoms with Gasteiger partial charge in [-0.25, -0.2) is 4.79 Å². The molecule has 1 aliphatic rings. The number of rotatable bonds is 6. The summed E-state index contributed by atoms with van der Waals surface area (Å²) in [5.74, 6) is -0.306. The van der Waals surface area contributed by atoms with Crippen LogP contribution in [0.3, 0.4) is 0 Å². The third-order valence-corrected chi connectivity index (χ3v) is 1.95. The maximum Gasteiger partial charge on any atom is 0.333 e. The fraction of sp³-hybridized carbons (Fsp3) is 0.700. The summed E-state index contributed by atoms with van der Waals surface area (Å²) in [7, 11) is 0. The van der Waals surface area contributed by atoms with Crippen molar-refractivity contribution in [3.05, 3.63) is 11.6 Å². The number of carbonyl (C=O) groups is 1. The van der Waals surface area contributed by atoms with E-state index >= 15 is 0 Å². The van der Waals surface area contributed by atoms with Crippen LogP contribution in [0.1, 0.15) is 19.8 Å².